The van der Waals surface area contributed by atoms with E-state index >= 15 is 0 Å². The molecule has 1 saturated carbocycles. The molecule has 1 aliphatic heterocycles. The summed E-state index contributed by atoms with van der Waals surface area (Å²) in [4.78, 5) is 26.2. The largest absolute Gasteiger partial charge is 0.352 e. The van der Waals surface area contributed by atoms with Crippen LogP contribution < -0.4 is 10.6 Å². The monoisotopic (exact) mass is 429 g/mol. The van der Waals surface area contributed by atoms with Crippen molar-refractivity contribution in [3.8, 4) is 0 Å². The van der Waals surface area contributed by atoms with Gasteiger partial charge in [0.25, 0.3) is 0 Å². The summed E-state index contributed by atoms with van der Waals surface area (Å²) in [5.41, 5.74) is 6.63. The lowest BCUT2D eigenvalue weighted by Crippen LogP contribution is -2.60. The van der Waals surface area contributed by atoms with Crippen molar-refractivity contribution in [1.29, 1.82) is 0 Å². The number of carbonyl (C=O) groups is 1. The fourth-order valence-corrected chi connectivity index (χ4v) is 4.19. The molecule has 0 bridgehead atoms. The lowest BCUT2D eigenvalue weighted by Gasteiger charge is -2.41. The van der Waals surface area contributed by atoms with Crippen molar-refractivity contribution in [2.45, 2.75) is 44.6 Å². The van der Waals surface area contributed by atoms with Crippen molar-refractivity contribution in [2.24, 2.45) is 12.8 Å². The van der Waals surface area contributed by atoms with E-state index < -0.39 is 5.54 Å². The predicted octanol–water partition coefficient (Wildman–Crippen LogP) is 1.83. The second-order valence-electron chi connectivity index (χ2n) is 7.60. The highest BCUT2D eigenvalue weighted by Crippen LogP contribution is 2.29. The molecule has 156 valence electrons. The second-order valence-corrected chi connectivity index (χ2v) is 7.60. The number of anilines is 1. The van der Waals surface area contributed by atoms with E-state index in [0.29, 0.717) is 13.1 Å². The number of fused-ring (bicyclic) bond motifs is 1. The maximum absolute atomic E-state index is 12.9. The van der Waals surface area contributed by atoms with Crippen molar-refractivity contribution >= 4 is 47.6 Å². The van der Waals surface area contributed by atoms with Gasteiger partial charge in [0.2, 0.25) is 5.91 Å². The van der Waals surface area contributed by atoms with E-state index in [0.717, 1.165) is 61.4 Å². The third kappa shape index (κ3) is 4.04. The van der Waals surface area contributed by atoms with Crippen molar-refractivity contribution < 1.29 is 4.79 Å². The summed E-state index contributed by atoms with van der Waals surface area (Å²) in [6.07, 6.45) is 6.75. The van der Waals surface area contributed by atoms with Crippen LogP contribution in [0.25, 0.3) is 11.0 Å². The number of halogens is 2. The van der Waals surface area contributed by atoms with E-state index in [1.54, 1.807) is 4.68 Å². The lowest BCUT2D eigenvalue weighted by atomic mass is 9.81. The van der Waals surface area contributed by atoms with Crippen molar-refractivity contribution in [3.05, 3.63) is 12.0 Å². The highest BCUT2D eigenvalue weighted by Gasteiger charge is 2.39. The molecule has 0 radical (unpaired) electrons. The van der Waals surface area contributed by atoms with Gasteiger partial charge in [-0.1, -0.05) is 19.3 Å². The van der Waals surface area contributed by atoms with Gasteiger partial charge in [0, 0.05) is 33.2 Å². The third-order valence-electron chi connectivity index (χ3n) is 5.72. The van der Waals surface area contributed by atoms with Crippen LogP contribution >= 0.6 is 24.8 Å². The van der Waals surface area contributed by atoms with Crippen LogP contribution in [0.3, 0.4) is 0 Å². The topological polar surface area (TPSA) is 93.2 Å². The van der Waals surface area contributed by atoms with Crippen LogP contribution in [-0.4, -0.2) is 62.3 Å². The normalized spacial score (nSPS) is 19.1. The molecule has 4 rings (SSSR count). The Morgan fingerprint density at radius 3 is 2.36 bits per heavy atom. The SMILES string of the molecule is Cc1nc(N2CCN(C(=O)C3(N)CCCCC3)CC2)c2cnn(C)c2n1.Cl.Cl. The Morgan fingerprint density at radius 2 is 1.71 bits per heavy atom. The highest BCUT2D eigenvalue weighted by atomic mass is 35.5. The molecule has 2 aliphatic rings. The maximum atomic E-state index is 12.9. The van der Waals surface area contributed by atoms with E-state index in [9.17, 15) is 4.79 Å². The number of aromatic nitrogens is 4. The molecule has 1 aliphatic carbocycles. The minimum Gasteiger partial charge on any atom is -0.352 e. The van der Waals surface area contributed by atoms with Gasteiger partial charge in [0.1, 0.15) is 11.6 Å². The van der Waals surface area contributed by atoms with Gasteiger partial charge in [-0.2, -0.15) is 5.10 Å². The van der Waals surface area contributed by atoms with Crippen molar-refractivity contribution in [1.82, 2.24) is 24.6 Å². The van der Waals surface area contributed by atoms with Gasteiger partial charge < -0.3 is 15.5 Å². The smallest absolute Gasteiger partial charge is 0.242 e. The number of hydrogen-bond donors (Lipinski definition) is 1. The Hall–Kier alpha value is -1.64. The zero-order valence-electron chi connectivity index (χ0n) is 16.4. The fraction of sp³-hybridized carbons (Fsp3) is 0.667. The van der Waals surface area contributed by atoms with Gasteiger partial charge in [-0.05, 0) is 19.8 Å². The first-order valence-electron chi connectivity index (χ1n) is 9.47. The first-order chi connectivity index (χ1) is 12.5. The summed E-state index contributed by atoms with van der Waals surface area (Å²) in [6, 6.07) is 0. The maximum Gasteiger partial charge on any atom is 0.242 e. The molecule has 0 aromatic carbocycles. The molecule has 3 heterocycles. The van der Waals surface area contributed by atoms with E-state index in [-0.39, 0.29) is 30.7 Å². The quantitative estimate of drug-likeness (QED) is 0.782. The van der Waals surface area contributed by atoms with E-state index in [4.69, 9.17) is 5.73 Å². The summed E-state index contributed by atoms with van der Waals surface area (Å²) in [5.74, 6) is 1.77. The molecule has 1 saturated heterocycles. The Morgan fingerprint density at radius 1 is 1.07 bits per heavy atom. The van der Waals surface area contributed by atoms with E-state index in [1.165, 1.54) is 6.42 Å². The zero-order chi connectivity index (χ0) is 18.3. The van der Waals surface area contributed by atoms with Crippen LogP contribution in [0.5, 0.6) is 0 Å². The Kier molecular flexibility index (Phi) is 7.12. The molecule has 2 aromatic heterocycles. The fourth-order valence-electron chi connectivity index (χ4n) is 4.19. The van der Waals surface area contributed by atoms with Crippen LogP contribution in [0.1, 0.15) is 37.9 Å². The highest BCUT2D eigenvalue weighted by molar-refractivity contribution is 5.88. The van der Waals surface area contributed by atoms with Crippen LogP contribution in [0.4, 0.5) is 5.82 Å². The van der Waals surface area contributed by atoms with Crippen LogP contribution in [0.15, 0.2) is 6.20 Å². The van der Waals surface area contributed by atoms with Crippen LogP contribution in [0, 0.1) is 6.92 Å². The first kappa shape index (κ1) is 22.6. The van der Waals surface area contributed by atoms with Gasteiger partial charge >= 0.3 is 0 Å². The minimum absolute atomic E-state index is 0. The van der Waals surface area contributed by atoms with Gasteiger partial charge in [-0.25, -0.2) is 9.97 Å². The molecule has 28 heavy (non-hydrogen) atoms. The number of hydrogen-bond acceptors (Lipinski definition) is 6. The molecule has 0 atom stereocenters. The third-order valence-corrected chi connectivity index (χ3v) is 5.72. The lowest BCUT2D eigenvalue weighted by molar-refractivity contribution is -0.138. The number of piperazine rings is 1. The predicted molar refractivity (Wildman–Crippen MR) is 114 cm³/mol. The Labute approximate surface area is 177 Å². The molecular weight excluding hydrogens is 401 g/mol. The summed E-state index contributed by atoms with van der Waals surface area (Å²) in [5, 5.41) is 5.27. The number of nitrogens with two attached hydrogens (primary N) is 1. The number of amides is 1. The molecule has 8 nitrogen and oxygen atoms in total. The molecule has 2 N–H and O–H groups in total. The Balaban J connectivity index is 0.00000140. The molecule has 10 heteroatoms. The van der Waals surface area contributed by atoms with Crippen molar-refractivity contribution in [3.63, 3.8) is 0 Å². The summed E-state index contributed by atoms with van der Waals surface area (Å²) < 4.78 is 1.77. The molecule has 2 fully saturated rings. The van der Waals surface area contributed by atoms with Crippen molar-refractivity contribution in [2.75, 3.05) is 31.1 Å². The summed E-state index contributed by atoms with van der Waals surface area (Å²) >= 11 is 0. The summed E-state index contributed by atoms with van der Waals surface area (Å²) in [7, 11) is 1.89. The minimum atomic E-state index is -0.650. The van der Waals surface area contributed by atoms with Gasteiger partial charge in [-0.15, -0.1) is 24.8 Å². The number of carbonyl (C=O) groups excluding carboxylic acids is 1. The Bertz CT molecular complexity index is 827. The van der Waals surface area contributed by atoms with Crippen LogP contribution in [0.2, 0.25) is 0 Å². The summed E-state index contributed by atoms with van der Waals surface area (Å²) in [6.45, 7) is 4.77. The van der Waals surface area contributed by atoms with E-state index in [1.807, 2.05) is 25.1 Å². The molecular formula is C18H29Cl2N7O. The number of aryl methyl sites for hydroxylation is 2. The zero-order valence-corrected chi connectivity index (χ0v) is 18.1. The first-order valence-corrected chi connectivity index (χ1v) is 9.47. The standard InChI is InChI=1S/C18H27N7O.2ClH/c1-13-21-15-14(12-20-23(15)2)16(22-13)24-8-10-25(11-9-24)17(26)18(19)6-4-3-5-7-18;;/h12H,3-11,19H2,1-2H3;2*1H. The van der Waals surface area contributed by atoms with Gasteiger partial charge in [0.05, 0.1) is 17.1 Å². The van der Waals surface area contributed by atoms with Crippen LogP contribution in [-0.2, 0) is 11.8 Å². The number of rotatable bonds is 2. The molecule has 1 amide bonds. The van der Waals surface area contributed by atoms with E-state index in [2.05, 4.69) is 20.0 Å². The van der Waals surface area contributed by atoms with Gasteiger partial charge in [0.15, 0.2) is 5.65 Å². The molecule has 0 spiro atoms. The average Bonchev–Trinajstić information content (AvgIpc) is 3.02. The second kappa shape index (κ2) is 8.80. The molecule has 2 aromatic rings. The van der Waals surface area contributed by atoms with Gasteiger partial charge in [-0.3, -0.25) is 9.48 Å². The number of nitrogens with zero attached hydrogens (tertiary/aromatic N) is 6. The average molecular weight is 430 g/mol. The molecule has 0 unspecified atom stereocenters.